The van der Waals surface area contributed by atoms with Crippen molar-refractivity contribution in [1.82, 2.24) is 4.90 Å². The standard InChI is InChI=1S/C23H20N2O5S/c1-31(29,30)17-12-10-16(11-13-17)24-20(26)9-4-14-25-22(27)18-7-2-5-15-6-3-8-19(21(15)18)23(25)28/h2-3,5-8,10-13H,4,9,14H2,1H3,(H,24,26). The molecule has 1 N–H and O–H groups in total. The second kappa shape index (κ2) is 7.96. The van der Waals surface area contributed by atoms with E-state index in [4.69, 9.17) is 0 Å². The zero-order valence-corrected chi connectivity index (χ0v) is 17.6. The number of nitrogens with zero attached hydrogens (tertiary/aromatic N) is 1. The minimum Gasteiger partial charge on any atom is -0.326 e. The SMILES string of the molecule is CS(=O)(=O)c1ccc(NC(=O)CCCN2C(=O)c3cccc4cccc(c34)C2=O)cc1. The molecule has 0 radical (unpaired) electrons. The number of hydrogen-bond acceptors (Lipinski definition) is 5. The molecule has 0 bridgehead atoms. The minimum absolute atomic E-state index is 0.108. The lowest BCUT2D eigenvalue weighted by atomic mass is 9.94. The van der Waals surface area contributed by atoms with Crippen LogP contribution in [0.4, 0.5) is 5.69 Å². The molecule has 0 saturated heterocycles. The van der Waals surface area contributed by atoms with Crippen molar-refractivity contribution < 1.29 is 22.8 Å². The highest BCUT2D eigenvalue weighted by Gasteiger charge is 2.32. The predicted octanol–water partition coefficient (Wildman–Crippen LogP) is 3.26. The first-order valence-electron chi connectivity index (χ1n) is 9.73. The molecule has 0 saturated carbocycles. The summed E-state index contributed by atoms with van der Waals surface area (Å²) in [7, 11) is -3.30. The van der Waals surface area contributed by atoms with Gasteiger partial charge in [-0.1, -0.05) is 24.3 Å². The van der Waals surface area contributed by atoms with E-state index < -0.39 is 9.84 Å². The van der Waals surface area contributed by atoms with Crippen molar-refractivity contribution >= 4 is 44.0 Å². The highest BCUT2D eigenvalue weighted by Crippen LogP contribution is 2.30. The van der Waals surface area contributed by atoms with Gasteiger partial charge in [-0.05, 0) is 48.2 Å². The Kier molecular flexibility index (Phi) is 5.32. The Morgan fingerprint density at radius 2 is 1.48 bits per heavy atom. The van der Waals surface area contributed by atoms with Crippen LogP contribution in [0, 0.1) is 0 Å². The Bertz CT molecular complexity index is 1260. The Labute approximate surface area is 179 Å². The fourth-order valence-corrected chi connectivity index (χ4v) is 4.32. The lowest BCUT2D eigenvalue weighted by Gasteiger charge is -2.27. The van der Waals surface area contributed by atoms with Crippen LogP contribution in [0.2, 0.25) is 0 Å². The van der Waals surface area contributed by atoms with E-state index in [0.29, 0.717) is 28.6 Å². The normalized spacial score (nSPS) is 13.5. The molecule has 0 fully saturated rings. The van der Waals surface area contributed by atoms with Crippen LogP contribution in [0.15, 0.2) is 65.6 Å². The van der Waals surface area contributed by atoms with Gasteiger partial charge in [0.15, 0.2) is 9.84 Å². The van der Waals surface area contributed by atoms with Crippen molar-refractivity contribution in [3.8, 4) is 0 Å². The number of nitrogens with one attached hydrogen (secondary N) is 1. The van der Waals surface area contributed by atoms with Crippen LogP contribution < -0.4 is 5.32 Å². The highest BCUT2D eigenvalue weighted by atomic mass is 32.2. The van der Waals surface area contributed by atoms with Crippen molar-refractivity contribution in [2.75, 3.05) is 18.1 Å². The minimum atomic E-state index is -3.30. The number of carbonyl (C=O) groups excluding carboxylic acids is 3. The van der Waals surface area contributed by atoms with Crippen LogP contribution in [0.25, 0.3) is 10.8 Å². The van der Waals surface area contributed by atoms with Crippen molar-refractivity contribution in [3.63, 3.8) is 0 Å². The summed E-state index contributed by atoms with van der Waals surface area (Å²) in [4.78, 5) is 39.3. The molecular weight excluding hydrogens is 416 g/mol. The van der Waals surface area contributed by atoms with Crippen LogP contribution in [0.5, 0.6) is 0 Å². The lowest BCUT2D eigenvalue weighted by Crippen LogP contribution is -2.41. The third-order valence-corrected chi connectivity index (χ3v) is 6.34. The first kappa shape index (κ1) is 20.7. The van der Waals surface area contributed by atoms with Crippen LogP contribution in [-0.4, -0.2) is 43.8 Å². The molecule has 3 aromatic rings. The summed E-state index contributed by atoms with van der Waals surface area (Å²) < 4.78 is 23.0. The number of carbonyl (C=O) groups is 3. The fourth-order valence-electron chi connectivity index (χ4n) is 3.69. The zero-order valence-electron chi connectivity index (χ0n) is 16.8. The van der Waals surface area contributed by atoms with Gasteiger partial charge in [0.25, 0.3) is 11.8 Å². The Hall–Kier alpha value is -3.52. The van der Waals surface area contributed by atoms with Gasteiger partial charge in [0.05, 0.1) is 4.90 Å². The van der Waals surface area contributed by atoms with Gasteiger partial charge in [-0.2, -0.15) is 0 Å². The molecule has 7 nitrogen and oxygen atoms in total. The number of anilines is 1. The molecule has 31 heavy (non-hydrogen) atoms. The van der Waals surface area contributed by atoms with E-state index in [1.807, 2.05) is 12.1 Å². The summed E-state index contributed by atoms with van der Waals surface area (Å²) in [5.74, 6) is -0.997. The number of imide groups is 1. The number of amides is 3. The van der Waals surface area contributed by atoms with E-state index in [1.165, 1.54) is 29.2 Å². The lowest BCUT2D eigenvalue weighted by molar-refractivity contribution is -0.116. The first-order chi connectivity index (χ1) is 14.8. The third kappa shape index (κ3) is 4.06. The summed E-state index contributed by atoms with van der Waals surface area (Å²) in [6.45, 7) is 0.128. The van der Waals surface area contributed by atoms with Gasteiger partial charge in [-0.25, -0.2) is 8.42 Å². The molecule has 4 rings (SSSR count). The number of benzene rings is 3. The van der Waals surface area contributed by atoms with E-state index in [-0.39, 0.29) is 35.6 Å². The maximum atomic E-state index is 12.8. The average molecular weight is 436 g/mol. The van der Waals surface area contributed by atoms with E-state index in [9.17, 15) is 22.8 Å². The predicted molar refractivity (Wildman–Crippen MR) is 117 cm³/mol. The monoisotopic (exact) mass is 436 g/mol. The second-order valence-corrected chi connectivity index (χ2v) is 9.44. The van der Waals surface area contributed by atoms with Gasteiger partial charge in [0, 0.05) is 41.4 Å². The van der Waals surface area contributed by atoms with Gasteiger partial charge < -0.3 is 5.32 Å². The van der Waals surface area contributed by atoms with E-state index in [2.05, 4.69) is 5.32 Å². The quantitative estimate of drug-likeness (QED) is 0.598. The molecule has 8 heteroatoms. The molecular formula is C23H20N2O5S. The molecule has 3 amide bonds. The average Bonchev–Trinajstić information content (AvgIpc) is 2.74. The van der Waals surface area contributed by atoms with Crippen LogP contribution in [0.1, 0.15) is 33.6 Å². The molecule has 158 valence electrons. The molecule has 3 aromatic carbocycles. The molecule has 0 atom stereocenters. The topological polar surface area (TPSA) is 101 Å². The molecule has 1 aliphatic heterocycles. The fraction of sp³-hybridized carbons (Fsp3) is 0.174. The van der Waals surface area contributed by atoms with E-state index in [1.54, 1.807) is 24.3 Å². The van der Waals surface area contributed by atoms with Gasteiger partial charge >= 0.3 is 0 Å². The first-order valence-corrected chi connectivity index (χ1v) is 11.6. The van der Waals surface area contributed by atoms with Crippen molar-refractivity contribution in [2.45, 2.75) is 17.7 Å². The third-order valence-electron chi connectivity index (χ3n) is 5.21. The Balaban J connectivity index is 1.39. The molecule has 1 heterocycles. The number of hydrogen-bond donors (Lipinski definition) is 1. The summed E-state index contributed by atoms with van der Waals surface area (Å²) in [6, 6.07) is 16.6. The molecule has 0 unspecified atom stereocenters. The maximum Gasteiger partial charge on any atom is 0.261 e. The Morgan fingerprint density at radius 1 is 0.903 bits per heavy atom. The molecule has 0 aliphatic carbocycles. The largest absolute Gasteiger partial charge is 0.326 e. The summed E-state index contributed by atoms with van der Waals surface area (Å²) in [5, 5.41) is 4.21. The highest BCUT2D eigenvalue weighted by molar-refractivity contribution is 7.90. The van der Waals surface area contributed by atoms with Crippen molar-refractivity contribution in [1.29, 1.82) is 0 Å². The van der Waals surface area contributed by atoms with Crippen LogP contribution in [-0.2, 0) is 14.6 Å². The smallest absolute Gasteiger partial charge is 0.261 e. The van der Waals surface area contributed by atoms with Gasteiger partial charge in [0.1, 0.15) is 0 Å². The van der Waals surface area contributed by atoms with Crippen LogP contribution >= 0.6 is 0 Å². The van der Waals surface area contributed by atoms with Crippen molar-refractivity contribution in [3.05, 3.63) is 71.8 Å². The molecule has 1 aliphatic rings. The number of sulfone groups is 1. The Morgan fingerprint density at radius 3 is 2.03 bits per heavy atom. The molecule has 0 aromatic heterocycles. The van der Waals surface area contributed by atoms with Gasteiger partial charge in [0.2, 0.25) is 5.91 Å². The van der Waals surface area contributed by atoms with Gasteiger partial charge in [-0.3, -0.25) is 19.3 Å². The van der Waals surface area contributed by atoms with E-state index in [0.717, 1.165) is 11.6 Å². The van der Waals surface area contributed by atoms with Gasteiger partial charge in [-0.15, -0.1) is 0 Å². The summed E-state index contributed by atoms with van der Waals surface area (Å²) >= 11 is 0. The van der Waals surface area contributed by atoms with Crippen LogP contribution in [0.3, 0.4) is 0 Å². The molecule has 0 spiro atoms. The summed E-state index contributed by atoms with van der Waals surface area (Å²) in [5.41, 5.74) is 1.45. The number of rotatable bonds is 6. The summed E-state index contributed by atoms with van der Waals surface area (Å²) in [6.07, 6.45) is 1.53. The zero-order chi connectivity index (χ0) is 22.2. The maximum absolute atomic E-state index is 12.8. The van der Waals surface area contributed by atoms with Crippen molar-refractivity contribution in [2.24, 2.45) is 0 Å². The van der Waals surface area contributed by atoms with E-state index >= 15 is 0 Å². The second-order valence-electron chi connectivity index (χ2n) is 7.42.